The van der Waals surface area contributed by atoms with Crippen LogP contribution in [-0.4, -0.2) is 16.1 Å². The summed E-state index contributed by atoms with van der Waals surface area (Å²) < 4.78 is 0. The van der Waals surface area contributed by atoms with Crippen LogP contribution in [0.2, 0.25) is 0 Å². The predicted molar refractivity (Wildman–Crippen MR) is 73.5 cm³/mol. The van der Waals surface area contributed by atoms with Crippen LogP contribution in [-0.2, 0) is 13.0 Å². The van der Waals surface area contributed by atoms with E-state index >= 15 is 0 Å². The van der Waals surface area contributed by atoms with Crippen LogP contribution in [0.4, 0.5) is 0 Å². The van der Waals surface area contributed by atoms with Gasteiger partial charge in [-0.2, -0.15) is 0 Å². The maximum atomic E-state index is 9.21. The van der Waals surface area contributed by atoms with E-state index in [2.05, 4.69) is 23.3 Å². The summed E-state index contributed by atoms with van der Waals surface area (Å²) in [6, 6.07) is 12.0. The van der Waals surface area contributed by atoms with Crippen LogP contribution in [0.3, 0.4) is 0 Å². The molecule has 0 fully saturated rings. The zero-order valence-electron chi connectivity index (χ0n) is 10.7. The molecule has 0 bridgehead atoms. The minimum atomic E-state index is 0.330. The molecule has 1 atom stereocenters. The molecule has 1 unspecified atom stereocenters. The van der Waals surface area contributed by atoms with Crippen molar-refractivity contribution in [2.45, 2.75) is 32.4 Å². The first-order valence-electron chi connectivity index (χ1n) is 6.37. The summed E-state index contributed by atoms with van der Waals surface area (Å²) in [4.78, 5) is 3.18. The van der Waals surface area contributed by atoms with Crippen molar-refractivity contribution >= 4 is 0 Å². The Labute approximate surface area is 108 Å². The fourth-order valence-corrected chi connectivity index (χ4v) is 1.91. The van der Waals surface area contributed by atoms with Crippen LogP contribution in [0.15, 0.2) is 42.6 Å². The van der Waals surface area contributed by atoms with Crippen molar-refractivity contribution in [1.82, 2.24) is 10.3 Å². The molecule has 18 heavy (non-hydrogen) atoms. The number of hydrogen-bond donors (Lipinski definition) is 3. The van der Waals surface area contributed by atoms with Crippen molar-refractivity contribution in [1.29, 1.82) is 0 Å². The van der Waals surface area contributed by atoms with Gasteiger partial charge in [-0.3, -0.25) is 0 Å². The topological polar surface area (TPSA) is 48.0 Å². The Morgan fingerprint density at radius 1 is 1.22 bits per heavy atom. The molecule has 0 amide bonds. The van der Waals surface area contributed by atoms with Gasteiger partial charge in [0.05, 0.1) is 0 Å². The molecule has 0 radical (unpaired) electrons. The van der Waals surface area contributed by atoms with Gasteiger partial charge in [-0.25, -0.2) is 0 Å². The van der Waals surface area contributed by atoms with Crippen LogP contribution in [0.1, 0.15) is 24.6 Å². The smallest absolute Gasteiger partial charge is 0.115 e. The summed E-state index contributed by atoms with van der Waals surface area (Å²) in [7, 11) is 0. The Morgan fingerprint density at radius 3 is 2.67 bits per heavy atom. The molecule has 2 aromatic rings. The summed E-state index contributed by atoms with van der Waals surface area (Å²) >= 11 is 0. The van der Waals surface area contributed by atoms with E-state index in [0.29, 0.717) is 11.8 Å². The molecule has 0 aliphatic heterocycles. The first-order valence-corrected chi connectivity index (χ1v) is 6.37. The molecule has 0 saturated carbocycles. The van der Waals surface area contributed by atoms with Crippen LogP contribution in [0, 0.1) is 0 Å². The molecular weight excluding hydrogens is 224 g/mol. The van der Waals surface area contributed by atoms with E-state index in [-0.39, 0.29) is 0 Å². The van der Waals surface area contributed by atoms with Gasteiger partial charge in [0.15, 0.2) is 0 Å². The first kappa shape index (κ1) is 12.7. The Balaban J connectivity index is 1.71. The van der Waals surface area contributed by atoms with Crippen molar-refractivity contribution in [2.75, 3.05) is 0 Å². The van der Waals surface area contributed by atoms with Crippen molar-refractivity contribution in [3.05, 3.63) is 53.9 Å². The van der Waals surface area contributed by atoms with E-state index in [1.807, 2.05) is 24.4 Å². The van der Waals surface area contributed by atoms with Crippen molar-refractivity contribution in [2.24, 2.45) is 0 Å². The molecule has 3 N–H and O–H groups in total. The molecule has 0 aliphatic rings. The molecule has 0 aliphatic carbocycles. The first-order chi connectivity index (χ1) is 8.74. The Bertz CT molecular complexity index is 448. The third-order valence-electron chi connectivity index (χ3n) is 3.11. The Kier molecular flexibility index (Phi) is 4.42. The number of aromatic amines is 1. The van der Waals surface area contributed by atoms with Gasteiger partial charge in [-0.05, 0) is 49.6 Å². The van der Waals surface area contributed by atoms with E-state index in [0.717, 1.165) is 19.4 Å². The molecule has 1 aromatic heterocycles. The van der Waals surface area contributed by atoms with Gasteiger partial charge in [0, 0.05) is 24.5 Å². The number of nitrogens with one attached hydrogen (secondary N) is 2. The quantitative estimate of drug-likeness (QED) is 0.731. The van der Waals surface area contributed by atoms with Gasteiger partial charge in [-0.1, -0.05) is 12.1 Å². The number of aromatic nitrogens is 1. The van der Waals surface area contributed by atoms with Crippen molar-refractivity contribution in [3.8, 4) is 5.75 Å². The Morgan fingerprint density at radius 2 is 2.00 bits per heavy atom. The monoisotopic (exact) mass is 244 g/mol. The highest BCUT2D eigenvalue weighted by atomic mass is 16.3. The molecule has 2 rings (SSSR count). The third kappa shape index (κ3) is 3.93. The molecule has 0 saturated heterocycles. The lowest BCUT2D eigenvalue weighted by Gasteiger charge is -2.13. The minimum absolute atomic E-state index is 0.330. The summed E-state index contributed by atoms with van der Waals surface area (Å²) in [6.07, 6.45) is 4.06. The second-order valence-electron chi connectivity index (χ2n) is 4.68. The standard InChI is InChI=1S/C15H20N2O/c1-12(17-11-14-3-2-10-16-14)4-5-13-6-8-15(18)9-7-13/h2-3,6-10,12,16-18H,4-5,11H2,1H3. The van der Waals surface area contributed by atoms with E-state index < -0.39 is 0 Å². The fourth-order valence-electron chi connectivity index (χ4n) is 1.91. The van der Waals surface area contributed by atoms with E-state index in [4.69, 9.17) is 0 Å². The van der Waals surface area contributed by atoms with Crippen LogP contribution < -0.4 is 5.32 Å². The molecule has 3 nitrogen and oxygen atoms in total. The van der Waals surface area contributed by atoms with Gasteiger partial charge < -0.3 is 15.4 Å². The van der Waals surface area contributed by atoms with Gasteiger partial charge in [0.1, 0.15) is 5.75 Å². The number of rotatable bonds is 6. The third-order valence-corrected chi connectivity index (χ3v) is 3.11. The molecule has 1 aromatic carbocycles. The predicted octanol–water partition coefficient (Wildman–Crippen LogP) is 2.83. The number of benzene rings is 1. The lowest BCUT2D eigenvalue weighted by molar-refractivity contribution is 0.474. The highest BCUT2D eigenvalue weighted by Crippen LogP contribution is 2.12. The molecule has 3 heteroatoms. The average molecular weight is 244 g/mol. The van der Waals surface area contributed by atoms with Gasteiger partial charge in [0.2, 0.25) is 0 Å². The number of hydrogen-bond acceptors (Lipinski definition) is 2. The number of phenolic OH excluding ortho intramolecular Hbond substituents is 1. The van der Waals surface area contributed by atoms with E-state index in [1.165, 1.54) is 11.3 Å². The maximum absolute atomic E-state index is 9.21. The lowest BCUT2D eigenvalue weighted by Crippen LogP contribution is -2.26. The average Bonchev–Trinajstić information content (AvgIpc) is 2.89. The zero-order chi connectivity index (χ0) is 12.8. The summed E-state index contributed by atoms with van der Waals surface area (Å²) in [5, 5.41) is 12.7. The normalized spacial score (nSPS) is 12.5. The van der Waals surface area contributed by atoms with E-state index in [9.17, 15) is 5.11 Å². The van der Waals surface area contributed by atoms with Crippen molar-refractivity contribution in [3.63, 3.8) is 0 Å². The molecule has 0 spiro atoms. The molecule has 96 valence electrons. The number of phenols is 1. The second kappa shape index (κ2) is 6.26. The van der Waals surface area contributed by atoms with Crippen molar-refractivity contribution < 1.29 is 5.11 Å². The summed E-state index contributed by atoms with van der Waals surface area (Å²) in [6.45, 7) is 3.08. The minimum Gasteiger partial charge on any atom is -0.508 e. The van der Waals surface area contributed by atoms with Crippen LogP contribution >= 0.6 is 0 Å². The molecule has 1 heterocycles. The maximum Gasteiger partial charge on any atom is 0.115 e. The highest BCUT2D eigenvalue weighted by molar-refractivity contribution is 5.25. The van der Waals surface area contributed by atoms with Gasteiger partial charge in [0.25, 0.3) is 0 Å². The number of aromatic hydroxyl groups is 1. The molecular formula is C15H20N2O. The summed E-state index contributed by atoms with van der Waals surface area (Å²) in [5.74, 6) is 0.330. The lowest BCUT2D eigenvalue weighted by atomic mass is 10.1. The number of H-pyrrole nitrogens is 1. The van der Waals surface area contributed by atoms with E-state index in [1.54, 1.807) is 12.1 Å². The Hall–Kier alpha value is -1.74. The van der Waals surface area contributed by atoms with Crippen LogP contribution in [0.5, 0.6) is 5.75 Å². The highest BCUT2D eigenvalue weighted by Gasteiger charge is 2.02. The number of aryl methyl sites for hydroxylation is 1. The second-order valence-corrected chi connectivity index (χ2v) is 4.68. The summed E-state index contributed by atoms with van der Waals surface area (Å²) in [5.41, 5.74) is 2.48. The SMILES string of the molecule is CC(CCc1ccc(O)cc1)NCc1ccc[nH]1. The van der Waals surface area contributed by atoms with Crippen LogP contribution in [0.25, 0.3) is 0 Å². The van der Waals surface area contributed by atoms with Gasteiger partial charge >= 0.3 is 0 Å². The largest absolute Gasteiger partial charge is 0.508 e. The zero-order valence-corrected chi connectivity index (χ0v) is 10.7. The fraction of sp³-hybridized carbons (Fsp3) is 0.333. The van der Waals surface area contributed by atoms with Gasteiger partial charge in [-0.15, -0.1) is 0 Å².